The molecule has 3 aliphatic heterocycles. The number of carbonyl (C=O) groups excluding carboxylic acids is 2. The van der Waals surface area contributed by atoms with Crippen molar-refractivity contribution >= 4 is 11.7 Å². The molecule has 3 saturated heterocycles. The molecular formula is C28H49NO8. The van der Waals surface area contributed by atoms with E-state index in [0.717, 1.165) is 12.8 Å². The molecule has 5 atom stereocenters. The number of amides is 1. The first kappa shape index (κ1) is 30.4. The second kappa shape index (κ2) is 13.3. The summed E-state index contributed by atoms with van der Waals surface area (Å²) in [6.07, 6.45) is 6.88. The van der Waals surface area contributed by atoms with Crippen LogP contribution in [0.1, 0.15) is 106 Å². The molecule has 3 aliphatic rings. The smallest absolute Gasteiger partial charge is 0.220 e. The minimum atomic E-state index is -1.01. The number of ether oxygens (including phenoxy) is 6. The van der Waals surface area contributed by atoms with E-state index in [4.69, 9.17) is 28.4 Å². The van der Waals surface area contributed by atoms with Crippen LogP contribution in [0.15, 0.2) is 0 Å². The molecule has 1 unspecified atom stereocenters. The first-order valence-corrected chi connectivity index (χ1v) is 14.2. The van der Waals surface area contributed by atoms with Gasteiger partial charge in [0.1, 0.15) is 30.2 Å². The van der Waals surface area contributed by atoms with E-state index in [2.05, 4.69) is 12.2 Å². The Hall–Kier alpha value is -1.10. The fourth-order valence-electron chi connectivity index (χ4n) is 5.29. The first-order valence-electron chi connectivity index (χ1n) is 14.2. The summed E-state index contributed by atoms with van der Waals surface area (Å²) in [5.41, 5.74) is 0. The van der Waals surface area contributed by atoms with Gasteiger partial charge >= 0.3 is 0 Å². The maximum absolute atomic E-state index is 12.6. The van der Waals surface area contributed by atoms with Crippen LogP contribution in [0.2, 0.25) is 0 Å². The summed E-state index contributed by atoms with van der Waals surface area (Å²) in [7, 11) is 0. The average molecular weight is 528 g/mol. The second-order valence-electron chi connectivity index (χ2n) is 11.6. The second-order valence-corrected chi connectivity index (χ2v) is 11.6. The normalized spacial score (nSPS) is 32.6. The molecule has 1 N–H and O–H groups in total. The molecule has 0 aromatic carbocycles. The van der Waals surface area contributed by atoms with Crippen molar-refractivity contribution in [1.82, 2.24) is 5.32 Å². The highest BCUT2D eigenvalue weighted by molar-refractivity contribution is 5.76. The Kier molecular flexibility index (Phi) is 10.9. The number of nitrogens with one attached hydrogen (secondary N) is 1. The van der Waals surface area contributed by atoms with Crippen LogP contribution in [0.25, 0.3) is 0 Å². The van der Waals surface area contributed by atoms with E-state index < -0.39 is 35.7 Å². The number of hydrogen-bond donors (Lipinski definition) is 1. The Morgan fingerprint density at radius 2 is 1.35 bits per heavy atom. The lowest BCUT2D eigenvalue weighted by Gasteiger charge is -2.30. The molecule has 0 aromatic rings. The van der Waals surface area contributed by atoms with Crippen LogP contribution in [0.4, 0.5) is 0 Å². The number of unbranched alkanes of at least 4 members (excludes halogenated alkanes) is 5. The van der Waals surface area contributed by atoms with Crippen molar-refractivity contribution in [2.45, 2.75) is 148 Å². The third-order valence-electron chi connectivity index (χ3n) is 7.25. The summed E-state index contributed by atoms with van der Waals surface area (Å²) in [4.78, 5) is 24.4. The average Bonchev–Trinajstić information content (AvgIpc) is 3.50. The molecule has 0 radical (unpaired) electrons. The van der Waals surface area contributed by atoms with E-state index in [1.165, 1.54) is 25.7 Å². The number of ketones is 1. The van der Waals surface area contributed by atoms with E-state index in [-0.39, 0.29) is 30.8 Å². The molecule has 0 aromatic heterocycles. The lowest BCUT2D eigenvalue weighted by atomic mass is 10.0. The fourth-order valence-corrected chi connectivity index (χ4v) is 5.29. The van der Waals surface area contributed by atoms with Gasteiger partial charge in [0.25, 0.3) is 0 Å². The van der Waals surface area contributed by atoms with Crippen molar-refractivity contribution in [1.29, 1.82) is 0 Å². The summed E-state index contributed by atoms with van der Waals surface area (Å²) in [6, 6.07) is 0. The molecule has 3 rings (SSSR count). The molecule has 0 spiro atoms. The Labute approximate surface area is 222 Å². The van der Waals surface area contributed by atoms with Crippen molar-refractivity contribution in [3.63, 3.8) is 0 Å². The topological polar surface area (TPSA) is 102 Å². The van der Waals surface area contributed by atoms with Gasteiger partial charge in [-0.3, -0.25) is 4.79 Å². The molecule has 9 heteroatoms. The van der Waals surface area contributed by atoms with Crippen LogP contribution < -0.4 is 5.32 Å². The van der Waals surface area contributed by atoms with Gasteiger partial charge in [0.2, 0.25) is 5.91 Å². The molecule has 0 bridgehead atoms. The molecule has 3 heterocycles. The van der Waals surface area contributed by atoms with Crippen LogP contribution in [-0.4, -0.2) is 73.2 Å². The van der Waals surface area contributed by atoms with Gasteiger partial charge in [-0.25, -0.2) is 0 Å². The number of Topliss-reactive ketones (excluding diaryl/α,β-unsaturated/α-hetero) is 1. The zero-order chi connectivity index (χ0) is 27.1. The molecule has 0 aliphatic carbocycles. The van der Waals surface area contributed by atoms with E-state index in [1.807, 2.05) is 27.7 Å². The number of rotatable bonds is 15. The minimum absolute atomic E-state index is 0.0235. The molecule has 214 valence electrons. The summed E-state index contributed by atoms with van der Waals surface area (Å²) < 4.78 is 37.0. The third-order valence-corrected chi connectivity index (χ3v) is 7.25. The standard InChI is InChI=1S/C28H49NO8/c1-7-8-9-10-11-12-17-29-23(31)14-16-28(15-13-20(2)30)33-19-22(35-28)25-24(36-27(5,6)37-25)21-18-32-26(3,4)34-21/h21-22,24-25H,7-19H2,1-6H3,(H,29,31)/t21-,22+,24+,25+,28?/m0/s1. The maximum atomic E-state index is 12.6. The highest BCUT2D eigenvalue weighted by Crippen LogP contribution is 2.42. The quantitative estimate of drug-likeness (QED) is 0.313. The predicted molar refractivity (Wildman–Crippen MR) is 138 cm³/mol. The summed E-state index contributed by atoms with van der Waals surface area (Å²) in [5.74, 6) is -2.48. The van der Waals surface area contributed by atoms with Gasteiger partial charge in [-0.05, 0) is 41.0 Å². The van der Waals surface area contributed by atoms with Gasteiger partial charge in [-0.2, -0.15) is 0 Å². The van der Waals surface area contributed by atoms with Gasteiger partial charge in [0.05, 0.1) is 13.2 Å². The van der Waals surface area contributed by atoms with Crippen LogP contribution >= 0.6 is 0 Å². The van der Waals surface area contributed by atoms with Gasteiger partial charge in [-0.1, -0.05) is 39.0 Å². The molecule has 37 heavy (non-hydrogen) atoms. The highest BCUT2D eigenvalue weighted by atomic mass is 16.8. The molecule has 1 amide bonds. The van der Waals surface area contributed by atoms with Gasteiger partial charge in [0, 0.05) is 32.2 Å². The van der Waals surface area contributed by atoms with Crippen LogP contribution in [0.5, 0.6) is 0 Å². The van der Waals surface area contributed by atoms with Crippen molar-refractivity contribution in [3.05, 3.63) is 0 Å². The number of carbonyl (C=O) groups is 2. The summed E-state index contributed by atoms with van der Waals surface area (Å²) >= 11 is 0. The molecule has 3 fully saturated rings. The SMILES string of the molecule is CCCCCCCCNC(=O)CCC1(CCC(C)=O)OC[C@H]([C@H]2OC(C)(C)O[C@@H]2[C@@H]2COC(C)(C)O2)O1. The monoisotopic (exact) mass is 527 g/mol. The van der Waals surface area contributed by atoms with E-state index in [9.17, 15) is 9.59 Å². The lowest BCUT2D eigenvalue weighted by molar-refractivity contribution is -0.198. The third kappa shape index (κ3) is 9.25. The zero-order valence-electron chi connectivity index (χ0n) is 23.8. The van der Waals surface area contributed by atoms with E-state index in [1.54, 1.807) is 6.92 Å². The van der Waals surface area contributed by atoms with Gasteiger partial charge in [0.15, 0.2) is 17.4 Å². The zero-order valence-corrected chi connectivity index (χ0v) is 23.8. The first-order chi connectivity index (χ1) is 17.4. The fraction of sp³-hybridized carbons (Fsp3) is 0.929. The van der Waals surface area contributed by atoms with E-state index >= 15 is 0 Å². The van der Waals surface area contributed by atoms with Gasteiger partial charge < -0.3 is 38.5 Å². The van der Waals surface area contributed by atoms with Crippen LogP contribution in [0, 0.1) is 0 Å². The van der Waals surface area contributed by atoms with Crippen molar-refractivity contribution in [2.75, 3.05) is 19.8 Å². The Morgan fingerprint density at radius 3 is 1.97 bits per heavy atom. The number of hydrogen-bond acceptors (Lipinski definition) is 8. The Bertz CT molecular complexity index is 756. The van der Waals surface area contributed by atoms with Crippen LogP contribution in [0.3, 0.4) is 0 Å². The maximum Gasteiger partial charge on any atom is 0.220 e. The highest BCUT2D eigenvalue weighted by Gasteiger charge is 2.56. The minimum Gasteiger partial charge on any atom is -0.356 e. The molecule has 9 nitrogen and oxygen atoms in total. The largest absolute Gasteiger partial charge is 0.356 e. The Morgan fingerprint density at radius 1 is 0.757 bits per heavy atom. The Balaban J connectivity index is 1.56. The summed E-state index contributed by atoms with van der Waals surface area (Å²) in [5, 5.41) is 3.02. The predicted octanol–water partition coefficient (Wildman–Crippen LogP) is 4.40. The van der Waals surface area contributed by atoms with E-state index in [0.29, 0.717) is 32.4 Å². The van der Waals surface area contributed by atoms with Crippen LogP contribution in [-0.2, 0) is 38.0 Å². The molecule has 0 saturated carbocycles. The lowest BCUT2D eigenvalue weighted by Crippen LogP contribution is -2.46. The molecular weight excluding hydrogens is 478 g/mol. The van der Waals surface area contributed by atoms with Gasteiger partial charge in [-0.15, -0.1) is 0 Å². The van der Waals surface area contributed by atoms with Crippen molar-refractivity contribution in [3.8, 4) is 0 Å². The van der Waals surface area contributed by atoms with Crippen molar-refractivity contribution < 1.29 is 38.0 Å². The van der Waals surface area contributed by atoms with Crippen molar-refractivity contribution in [2.24, 2.45) is 0 Å². The summed E-state index contributed by atoms with van der Waals surface area (Å²) in [6.45, 7) is 12.6.